The molecule has 0 radical (unpaired) electrons. The zero-order valence-corrected chi connectivity index (χ0v) is 12.2. The molecule has 0 unspecified atom stereocenters. The largest absolute Gasteiger partial charge is 0.328 e. The summed E-state index contributed by atoms with van der Waals surface area (Å²) in [5, 5.41) is 0. The van der Waals surface area contributed by atoms with Gasteiger partial charge in [0.1, 0.15) is 0 Å². The fourth-order valence-electron chi connectivity index (χ4n) is 2.20. The summed E-state index contributed by atoms with van der Waals surface area (Å²) in [7, 11) is 3.46. The molecule has 0 fully saturated rings. The van der Waals surface area contributed by atoms with E-state index in [4.69, 9.17) is 0 Å². The first-order valence-electron chi connectivity index (χ1n) is 6.50. The minimum absolute atomic E-state index is 0.0747. The maximum atomic E-state index is 12.4. The molecule has 0 aliphatic rings. The lowest BCUT2D eigenvalue weighted by Crippen LogP contribution is -2.23. The Kier molecular flexibility index (Phi) is 3.12. The first kappa shape index (κ1) is 13.6. The van der Waals surface area contributed by atoms with Gasteiger partial charge in [0.25, 0.3) is 0 Å². The highest BCUT2D eigenvalue weighted by molar-refractivity contribution is 6.02. The van der Waals surface area contributed by atoms with Crippen LogP contribution in [0.4, 0.5) is 0 Å². The van der Waals surface area contributed by atoms with Crippen molar-refractivity contribution in [1.29, 1.82) is 0 Å². The number of Topliss-reactive ketones (excluding diaryl/α,β-unsaturated/α-hetero) is 1. The second-order valence-electron chi connectivity index (χ2n) is 5.67. The van der Waals surface area contributed by atoms with Gasteiger partial charge in [0.2, 0.25) is 0 Å². The van der Waals surface area contributed by atoms with Crippen LogP contribution in [0.15, 0.2) is 23.0 Å². The molecule has 0 N–H and O–H groups in total. The second kappa shape index (κ2) is 4.37. The summed E-state index contributed by atoms with van der Waals surface area (Å²) in [4.78, 5) is 24.3. The highest BCUT2D eigenvalue weighted by atomic mass is 16.1. The maximum absolute atomic E-state index is 12.4. The molecule has 1 aromatic carbocycles. The normalized spacial score (nSPS) is 12.1. The molecule has 0 spiro atoms. The quantitative estimate of drug-likeness (QED) is 0.796. The van der Waals surface area contributed by atoms with E-state index in [2.05, 4.69) is 0 Å². The van der Waals surface area contributed by atoms with Crippen molar-refractivity contribution in [3.8, 4) is 0 Å². The first-order valence-corrected chi connectivity index (χ1v) is 6.50. The Hall–Kier alpha value is -1.84. The topological polar surface area (TPSA) is 44.0 Å². The Morgan fingerprint density at radius 3 is 2.32 bits per heavy atom. The average Bonchev–Trinajstić information content (AvgIpc) is 2.62. The number of imidazole rings is 1. The number of nitrogens with zero attached hydrogens (tertiary/aromatic N) is 2. The van der Waals surface area contributed by atoms with E-state index in [1.54, 1.807) is 23.2 Å². The molecule has 2 aromatic rings. The molecule has 2 rings (SSSR count). The van der Waals surface area contributed by atoms with Gasteiger partial charge in [-0.25, -0.2) is 4.79 Å². The maximum Gasteiger partial charge on any atom is 0.328 e. The van der Waals surface area contributed by atoms with E-state index in [0.717, 1.165) is 17.5 Å². The Morgan fingerprint density at radius 2 is 1.74 bits per heavy atom. The lowest BCUT2D eigenvalue weighted by molar-refractivity contribution is 0.0833. The van der Waals surface area contributed by atoms with Crippen LogP contribution in [0.3, 0.4) is 0 Å². The smallest absolute Gasteiger partial charge is 0.295 e. The van der Waals surface area contributed by atoms with E-state index < -0.39 is 0 Å². The molecule has 4 heteroatoms. The van der Waals surface area contributed by atoms with Crippen LogP contribution in [0.25, 0.3) is 11.0 Å². The Morgan fingerprint density at radius 1 is 1.16 bits per heavy atom. The average molecular weight is 260 g/mol. The zero-order valence-electron chi connectivity index (χ0n) is 12.2. The summed E-state index contributed by atoms with van der Waals surface area (Å²) in [6.45, 7) is 5.90. The summed E-state index contributed by atoms with van der Waals surface area (Å²) < 4.78 is 3.17. The van der Waals surface area contributed by atoms with Crippen LogP contribution in [0.5, 0.6) is 0 Å². The van der Waals surface area contributed by atoms with Crippen LogP contribution in [0, 0.1) is 5.41 Å². The standard InChI is InChI=1S/C15H20N2O2/c1-6-15(2,3)13(18)10-7-8-11-12(9-10)17(5)14(19)16(11)4/h7-9H,6H2,1-5H3. The molecule has 102 valence electrons. The lowest BCUT2D eigenvalue weighted by atomic mass is 9.82. The number of benzene rings is 1. The molecule has 0 aliphatic heterocycles. The fourth-order valence-corrected chi connectivity index (χ4v) is 2.20. The van der Waals surface area contributed by atoms with Gasteiger partial charge in [-0.15, -0.1) is 0 Å². The number of ketones is 1. The van der Waals surface area contributed by atoms with E-state index in [1.807, 2.05) is 39.0 Å². The van der Waals surface area contributed by atoms with Gasteiger partial charge in [-0.3, -0.25) is 13.9 Å². The monoisotopic (exact) mass is 260 g/mol. The zero-order chi connectivity index (χ0) is 14.4. The second-order valence-corrected chi connectivity index (χ2v) is 5.67. The fraction of sp³-hybridized carbons (Fsp3) is 0.467. The Balaban J connectivity index is 2.63. The summed E-state index contributed by atoms with van der Waals surface area (Å²) >= 11 is 0. The molecular weight excluding hydrogens is 240 g/mol. The van der Waals surface area contributed by atoms with Crippen LogP contribution < -0.4 is 5.69 Å². The molecule has 4 nitrogen and oxygen atoms in total. The molecule has 0 atom stereocenters. The van der Waals surface area contributed by atoms with Crippen LogP contribution >= 0.6 is 0 Å². The molecule has 0 amide bonds. The van der Waals surface area contributed by atoms with Gasteiger partial charge < -0.3 is 0 Å². The number of carbonyl (C=O) groups excluding carboxylic acids is 1. The van der Waals surface area contributed by atoms with Crippen LogP contribution in [0.1, 0.15) is 37.6 Å². The third-order valence-corrected chi connectivity index (χ3v) is 4.03. The van der Waals surface area contributed by atoms with Gasteiger partial charge in [-0.1, -0.05) is 20.8 Å². The number of hydrogen-bond acceptors (Lipinski definition) is 2. The number of hydrogen-bond donors (Lipinski definition) is 0. The van der Waals surface area contributed by atoms with Crippen molar-refractivity contribution < 1.29 is 4.79 Å². The van der Waals surface area contributed by atoms with E-state index in [-0.39, 0.29) is 16.9 Å². The molecule has 19 heavy (non-hydrogen) atoms. The number of aromatic nitrogens is 2. The third-order valence-electron chi connectivity index (χ3n) is 4.03. The molecule has 0 saturated heterocycles. The molecule has 1 aromatic heterocycles. The Bertz CT molecular complexity index is 705. The van der Waals surface area contributed by atoms with Gasteiger partial charge in [-0.2, -0.15) is 0 Å². The predicted octanol–water partition coefficient (Wildman–Crippen LogP) is 2.50. The van der Waals surface area contributed by atoms with Crippen molar-refractivity contribution >= 4 is 16.8 Å². The van der Waals surface area contributed by atoms with Crippen LogP contribution in [-0.4, -0.2) is 14.9 Å². The highest BCUT2D eigenvalue weighted by Crippen LogP contribution is 2.26. The number of rotatable bonds is 3. The van der Waals surface area contributed by atoms with Crippen molar-refractivity contribution in [1.82, 2.24) is 9.13 Å². The van der Waals surface area contributed by atoms with Gasteiger partial charge in [0, 0.05) is 25.1 Å². The van der Waals surface area contributed by atoms with Gasteiger partial charge in [0.15, 0.2) is 5.78 Å². The van der Waals surface area contributed by atoms with E-state index >= 15 is 0 Å². The van der Waals surface area contributed by atoms with Crippen molar-refractivity contribution in [3.05, 3.63) is 34.2 Å². The van der Waals surface area contributed by atoms with Crippen LogP contribution in [0.2, 0.25) is 0 Å². The molecule has 0 saturated carbocycles. The van der Waals surface area contributed by atoms with Crippen molar-refractivity contribution in [2.24, 2.45) is 19.5 Å². The van der Waals surface area contributed by atoms with E-state index in [9.17, 15) is 9.59 Å². The summed E-state index contributed by atoms with van der Waals surface area (Å²) in [5.41, 5.74) is 1.86. The number of fused-ring (bicyclic) bond motifs is 1. The highest BCUT2D eigenvalue weighted by Gasteiger charge is 2.27. The van der Waals surface area contributed by atoms with Gasteiger partial charge in [-0.05, 0) is 24.6 Å². The van der Waals surface area contributed by atoms with Crippen molar-refractivity contribution in [3.63, 3.8) is 0 Å². The van der Waals surface area contributed by atoms with Gasteiger partial charge >= 0.3 is 5.69 Å². The molecule has 1 heterocycles. The summed E-state index contributed by atoms with van der Waals surface area (Å²) in [6, 6.07) is 5.47. The summed E-state index contributed by atoms with van der Waals surface area (Å²) in [5.74, 6) is 0.119. The Labute approximate surface area is 112 Å². The van der Waals surface area contributed by atoms with Crippen molar-refractivity contribution in [2.75, 3.05) is 0 Å². The minimum Gasteiger partial charge on any atom is -0.295 e. The SMILES string of the molecule is CCC(C)(C)C(=O)c1ccc2c(c1)n(C)c(=O)n2C. The van der Waals surface area contributed by atoms with Crippen molar-refractivity contribution in [2.45, 2.75) is 27.2 Å². The van der Waals surface area contributed by atoms with E-state index in [1.165, 1.54) is 0 Å². The third kappa shape index (κ3) is 2.01. The minimum atomic E-state index is -0.374. The first-order chi connectivity index (χ1) is 8.79. The predicted molar refractivity (Wildman–Crippen MR) is 76.6 cm³/mol. The molecule has 0 aliphatic carbocycles. The number of aryl methyl sites for hydroxylation is 2. The summed E-state index contributed by atoms with van der Waals surface area (Å²) in [6.07, 6.45) is 0.789. The van der Waals surface area contributed by atoms with Gasteiger partial charge in [0.05, 0.1) is 11.0 Å². The van der Waals surface area contributed by atoms with Crippen LogP contribution in [-0.2, 0) is 14.1 Å². The lowest BCUT2D eigenvalue weighted by Gasteiger charge is -2.20. The number of carbonyl (C=O) groups is 1. The molecule has 0 bridgehead atoms. The van der Waals surface area contributed by atoms with E-state index in [0.29, 0.717) is 5.56 Å². The molecular formula is C15H20N2O2.